The van der Waals surface area contributed by atoms with E-state index in [-0.39, 0.29) is 30.2 Å². The van der Waals surface area contributed by atoms with Gasteiger partial charge in [0.2, 0.25) is 11.8 Å². The molecule has 0 radical (unpaired) electrons. The number of carbonyl (C=O) groups is 2. The number of aryl methyl sites for hydroxylation is 1. The molecule has 0 spiro atoms. The number of carbonyl (C=O) groups excluding carboxylic acids is 2. The van der Waals surface area contributed by atoms with E-state index >= 15 is 0 Å². The van der Waals surface area contributed by atoms with Gasteiger partial charge in [-0.2, -0.15) is 0 Å². The Kier molecular flexibility index (Phi) is 7.93. The Morgan fingerprint density at radius 3 is 2.52 bits per heavy atom. The van der Waals surface area contributed by atoms with E-state index in [0.29, 0.717) is 31.0 Å². The van der Waals surface area contributed by atoms with E-state index in [0.717, 1.165) is 18.4 Å². The van der Waals surface area contributed by atoms with Gasteiger partial charge in [-0.05, 0) is 49.4 Å². The Morgan fingerprint density at radius 1 is 1.06 bits per heavy atom. The molecular weight excluding hydrogens is 392 g/mol. The van der Waals surface area contributed by atoms with Crippen molar-refractivity contribution in [2.45, 2.75) is 38.6 Å². The number of nitrogens with zero attached hydrogens (tertiary/aromatic N) is 1. The maximum atomic E-state index is 12.7. The van der Waals surface area contributed by atoms with Crippen molar-refractivity contribution in [1.29, 1.82) is 0 Å². The third-order valence-electron chi connectivity index (χ3n) is 5.80. The number of benzene rings is 2. The monoisotopic (exact) mass is 424 g/mol. The van der Waals surface area contributed by atoms with Crippen molar-refractivity contribution >= 4 is 11.8 Å². The third kappa shape index (κ3) is 6.23. The quantitative estimate of drug-likeness (QED) is 0.636. The fraction of sp³-hybridized carbons (Fsp3) is 0.440. The molecule has 1 aliphatic rings. The van der Waals surface area contributed by atoms with Gasteiger partial charge >= 0.3 is 0 Å². The van der Waals surface area contributed by atoms with Crippen molar-refractivity contribution < 1.29 is 19.1 Å². The summed E-state index contributed by atoms with van der Waals surface area (Å²) in [5.41, 5.74) is 2.33. The molecule has 0 aliphatic carbocycles. The van der Waals surface area contributed by atoms with Gasteiger partial charge in [0.05, 0.1) is 20.1 Å². The molecule has 1 N–H and O–H groups in total. The van der Waals surface area contributed by atoms with Gasteiger partial charge < -0.3 is 19.7 Å². The first-order valence-electron chi connectivity index (χ1n) is 10.8. The highest BCUT2D eigenvalue weighted by Crippen LogP contribution is 2.28. The summed E-state index contributed by atoms with van der Waals surface area (Å²) in [7, 11) is 3.21. The third-order valence-corrected chi connectivity index (χ3v) is 5.80. The molecule has 1 aliphatic heterocycles. The minimum Gasteiger partial charge on any atom is -0.493 e. The van der Waals surface area contributed by atoms with Gasteiger partial charge in [0, 0.05) is 25.6 Å². The van der Waals surface area contributed by atoms with Gasteiger partial charge in [0.1, 0.15) is 0 Å². The van der Waals surface area contributed by atoms with E-state index in [1.807, 2.05) is 43.3 Å². The Bertz CT molecular complexity index is 884. The van der Waals surface area contributed by atoms with Crippen LogP contribution < -0.4 is 14.8 Å². The summed E-state index contributed by atoms with van der Waals surface area (Å²) in [4.78, 5) is 26.9. The van der Waals surface area contributed by atoms with Crippen LogP contribution in [0.5, 0.6) is 11.5 Å². The smallest absolute Gasteiger partial charge is 0.225 e. The number of likely N-dealkylation sites (tertiary alicyclic amines) is 1. The fourth-order valence-corrected chi connectivity index (χ4v) is 3.92. The van der Waals surface area contributed by atoms with Crippen LogP contribution in [0.15, 0.2) is 48.5 Å². The number of methoxy groups -OCH3 is 2. The highest BCUT2D eigenvalue weighted by atomic mass is 16.5. The number of nitrogens with one attached hydrogen (secondary N) is 1. The number of amides is 2. The maximum absolute atomic E-state index is 12.7. The van der Waals surface area contributed by atoms with Crippen molar-refractivity contribution in [1.82, 2.24) is 10.2 Å². The largest absolute Gasteiger partial charge is 0.493 e. The molecule has 1 fully saturated rings. The molecule has 1 heterocycles. The number of ether oxygens (including phenoxy) is 2. The van der Waals surface area contributed by atoms with Gasteiger partial charge in [-0.3, -0.25) is 9.59 Å². The summed E-state index contributed by atoms with van der Waals surface area (Å²) in [5, 5.41) is 3.09. The van der Waals surface area contributed by atoms with E-state index in [9.17, 15) is 9.59 Å². The summed E-state index contributed by atoms with van der Waals surface area (Å²) >= 11 is 0. The lowest BCUT2D eigenvalue weighted by Gasteiger charge is -2.19. The van der Waals surface area contributed by atoms with Crippen molar-refractivity contribution in [3.05, 3.63) is 59.7 Å². The molecule has 0 aromatic heterocycles. The lowest BCUT2D eigenvalue weighted by atomic mass is 10.0. The molecule has 2 aromatic carbocycles. The molecule has 166 valence electrons. The predicted octanol–water partition coefficient (Wildman–Crippen LogP) is 3.23. The van der Waals surface area contributed by atoms with Crippen LogP contribution in [0.1, 0.15) is 30.9 Å². The van der Waals surface area contributed by atoms with Crippen LogP contribution in [0.2, 0.25) is 0 Å². The second-order valence-corrected chi connectivity index (χ2v) is 8.11. The van der Waals surface area contributed by atoms with Gasteiger partial charge in [0.15, 0.2) is 11.5 Å². The first-order valence-corrected chi connectivity index (χ1v) is 10.8. The molecule has 2 unspecified atom stereocenters. The van der Waals surface area contributed by atoms with Crippen LogP contribution >= 0.6 is 0 Å². The first kappa shape index (κ1) is 22.7. The van der Waals surface area contributed by atoms with Crippen LogP contribution in [-0.2, 0) is 22.4 Å². The second kappa shape index (κ2) is 10.8. The Labute approximate surface area is 184 Å². The highest BCUT2D eigenvalue weighted by Gasteiger charge is 2.34. The molecule has 2 aromatic rings. The van der Waals surface area contributed by atoms with Gasteiger partial charge in [-0.1, -0.05) is 36.4 Å². The summed E-state index contributed by atoms with van der Waals surface area (Å²) in [6.45, 7) is 3.08. The first-order chi connectivity index (χ1) is 15.0. The second-order valence-electron chi connectivity index (χ2n) is 8.11. The van der Waals surface area contributed by atoms with Crippen molar-refractivity contribution in [3.8, 4) is 11.5 Å². The Balaban J connectivity index is 1.46. The number of rotatable bonds is 10. The zero-order valence-electron chi connectivity index (χ0n) is 18.6. The molecule has 1 saturated heterocycles. The van der Waals surface area contributed by atoms with E-state index in [1.54, 1.807) is 19.1 Å². The molecule has 0 bridgehead atoms. The van der Waals surface area contributed by atoms with E-state index in [1.165, 1.54) is 5.56 Å². The zero-order valence-corrected chi connectivity index (χ0v) is 18.6. The zero-order chi connectivity index (χ0) is 22.2. The van der Waals surface area contributed by atoms with Crippen molar-refractivity contribution in [2.75, 3.05) is 27.3 Å². The SMILES string of the molecule is COc1ccc(CCN2CC(C(=O)NC(C)CCc3ccccc3)CC2=O)cc1OC. The summed E-state index contributed by atoms with van der Waals surface area (Å²) < 4.78 is 10.6. The Hall–Kier alpha value is -3.02. The lowest BCUT2D eigenvalue weighted by Crippen LogP contribution is -2.38. The standard InChI is InChI=1S/C25H32N2O4/c1-18(9-10-19-7-5-4-6-8-19)26-25(29)21-16-24(28)27(17-21)14-13-20-11-12-22(30-2)23(15-20)31-3/h4-8,11-12,15,18,21H,9-10,13-14,16-17H2,1-3H3,(H,26,29). The van der Waals surface area contributed by atoms with Crippen molar-refractivity contribution in [3.63, 3.8) is 0 Å². The van der Waals surface area contributed by atoms with E-state index in [2.05, 4.69) is 17.4 Å². The average Bonchev–Trinajstić information content (AvgIpc) is 3.17. The molecule has 2 atom stereocenters. The summed E-state index contributed by atoms with van der Waals surface area (Å²) in [6.07, 6.45) is 2.78. The summed E-state index contributed by atoms with van der Waals surface area (Å²) in [5.74, 6) is 1.09. The van der Waals surface area contributed by atoms with Crippen LogP contribution in [0.4, 0.5) is 0 Å². The van der Waals surface area contributed by atoms with E-state index < -0.39 is 0 Å². The molecule has 2 amide bonds. The van der Waals surface area contributed by atoms with Gasteiger partial charge in [-0.25, -0.2) is 0 Å². The maximum Gasteiger partial charge on any atom is 0.225 e. The predicted molar refractivity (Wildman–Crippen MR) is 120 cm³/mol. The minimum atomic E-state index is -0.280. The molecule has 6 heteroatoms. The summed E-state index contributed by atoms with van der Waals surface area (Å²) in [6, 6.07) is 16.1. The number of hydrogen-bond acceptors (Lipinski definition) is 4. The Morgan fingerprint density at radius 2 is 1.81 bits per heavy atom. The van der Waals surface area contributed by atoms with Crippen LogP contribution in [0.3, 0.4) is 0 Å². The topological polar surface area (TPSA) is 67.9 Å². The van der Waals surface area contributed by atoms with Gasteiger partial charge in [0.25, 0.3) is 0 Å². The van der Waals surface area contributed by atoms with Crippen molar-refractivity contribution in [2.24, 2.45) is 5.92 Å². The van der Waals surface area contributed by atoms with E-state index in [4.69, 9.17) is 9.47 Å². The van der Waals surface area contributed by atoms with Gasteiger partial charge in [-0.15, -0.1) is 0 Å². The molecule has 3 rings (SSSR count). The normalized spacial score (nSPS) is 16.8. The molecule has 31 heavy (non-hydrogen) atoms. The molecular formula is C25H32N2O4. The highest BCUT2D eigenvalue weighted by molar-refractivity contribution is 5.89. The molecule has 0 saturated carbocycles. The minimum absolute atomic E-state index is 0.0254. The average molecular weight is 425 g/mol. The lowest BCUT2D eigenvalue weighted by molar-refractivity contribution is -0.129. The molecule has 6 nitrogen and oxygen atoms in total. The van der Waals surface area contributed by atoms with Crippen LogP contribution in [-0.4, -0.2) is 50.1 Å². The fourth-order valence-electron chi connectivity index (χ4n) is 3.92. The van der Waals surface area contributed by atoms with Crippen LogP contribution in [0, 0.1) is 5.92 Å². The number of hydrogen-bond donors (Lipinski definition) is 1. The van der Waals surface area contributed by atoms with Crippen LogP contribution in [0.25, 0.3) is 0 Å².